The summed E-state index contributed by atoms with van der Waals surface area (Å²) in [6.07, 6.45) is 5.34. The van der Waals surface area contributed by atoms with E-state index in [1.165, 1.54) is 11.3 Å². The summed E-state index contributed by atoms with van der Waals surface area (Å²) in [6, 6.07) is 7.55. The lowest BCUT2D eigenvalue weighted by molar-refractivity contribution is -0.721. The highest BCUT2D eigenvalue weighted by Gasteiger charge is 2.49. The lowest BCUT2D eigenvalue weighted by Crippen LogP contribution is -2.57. The number of carbonyl (C=O) groups excluding carboxylic acids is 3. The maximum Gasteiger partial charge on any atom is 0.243 e. The van der Waals surface area contributed by atoms with Crippen LogP contribution in [0.3, 0.4) is 0 Å². The summed E-state index contributed by atoms with van der Waals surface area (Å²) in [5.41, 5.74) is 10.7. The van der Waals surface area contributed by atoms with Crippen LogP contribution in [0.2, 0.25) is 0 Å². The molecule has 38 heavy (non-hydrogen) atoms. The number of nitrogens with zero attached hydrogens (tertiary/aromatic N) is 1. The number of hydrogen-bond donors (Lipinski definition) is 5. The van der Waals surface area contributed by atoms with Gasteiger partial charge in [0, 0.05) is 12.2 Å². The third-order valence-corrected chi connectivity index (χ3v) is 7.93. The van der Waals surface area contributed by atoms with Gasteiger partial charge in [-0.25, -0.2) is 10.9 Å². The summed E-state index contributed by atoms with van der Waals surface area (Å²) in [5.74, 6) is -0.747. The average molecular weight is 548 g/mol. The number of carbonyl (C=O) groups is 3. The quantitative estimate of drug-likeness (QED) is 0.0590. The SMILES string of the molecule is CC(CO)CC(CO)c1scc[n+]1C(C(=O)c1ccccc1)C(C)(C)C(=O)CNN[C@@H](C=O)CCCCN. The van der Waals surface area contributed by atoms with Crippen molar-refractivity contribution in [2.75, 3.05) is 26.3 Å². The second kappa shape index (κ2) is 15.9. The first kappa shape index (κ1) is 31.9. The van der Waals surface area contributed by atoms with Gasteiger partial charge >= 0.3 is 0 Å². The molecule has 10 heteroatoms. The van der Waals surface area contributed by atoms with Crippen LogP contribution >= 0.6 is 11.3 Å². The third kappa shape index (κ3) is 8.59. The van der Waals surface area contributed by atoms with E-state index in [0.717, 1.165) is 24.1 Å². The van der Waals surface area contributed by atoms with Crippen LogP contribution in [0.4, 0.5) is 0 Å². The molecule has 6 N–H and O–H groups in total. The maximum atomic E-state index is 13.9. The molecule has 0 saturated heterocycles. The van der Waals surface area contributed by atoms with Gasteiger partial charge in [-0.05, 0) is 45.6 Å². The van der Waals surface area contributed by atoms with E-state index in [4.69, 9.17) is 5.73 Å². The Kier molecular flexibility index (Phi) is 13.4. The van der Waals surface area contributed by atoms with E-state index in [0.29, 0.717) is 24.9 Å². The van der Waals surface area contributed by atoms with E-state index in [2.05, 4.69) is 10.9 Å². The first-order valence-corrected chi connectivity index (χ1v) is 14.1. The highest BCUT2D eigenvalue weighted by molar-refractivity contribution is 7.09. The number of benzene rings is 1. The Labute approximate surface area is 229 Å². The van der Waals surface area contributed by atoms with Gasteiger partial charge in [0.2, 0.25) is 16.8 Å². The van der Waals surface area contributed by atoms with Gasteiger partial charge in [-0.3, -0.25) is 9.59 Å². The van der Waals surface area contributed by atoms with E-state index < -0.39 is 17.5 Å². The molecule has 0 spiro atoms. The largest absolute Gasteiger partial charge is 0.396 e. The van der Waals surface area contributed by atoms with Crippen molar-refractivity contribution in [3.63, 3.8) is 0 Å². The minimum absolute atomic E-state index is 0.00902. The fourth-order valence-electron chi connectivity index (χ4n) is 4.52. The first-order valence-electron chi connectivity index (χ1n) is 13.2. The number of aromatic nitrogens is 1. The highest BCUT2D eigenvalue weighted by atomic mass is 32.1. The first-order chi connectivity index (χ1) is 18.2. The van der Waals surface area contributed by atoms with E-state index in [1.807, 2.05) is 22.9 Å². The predicted octanol–water partition coefficient (Wildman–Crippen LogP) is 1.94. The average Bonchev–Trinajstić information content (AvgIpc) is 3.39. The van der Waals surface area contributed by atoms with Crippen LogP contribution < -0.4 is 21.2 Å². The number of aldehydes is 1. The summed E-state index contributed by atoms with van der Waals surface area (Å²) in [5, 5.41) is 22.4. The maximum absolute atomic E-state index is 13.9. The van der Waals surface area contributed by atoms with Crippen LogP contribution in [0.15, 0.2) is 41.9 Å². The fraction of sp³-hybridized carbons (Fsp3) is 0.571. The molecule has 0 aliphatic heterocycles. The van der Waals surface area contributed by atoms with Gasteiger partial charge in [-0.15, -0.1) is 0 Å². The Morgan fingerprint density at radius 2 is 1.87 bits per heavy atom. The zero-order chi connectivity index (χ0) is 28.1. The molecule has 1 heterocycles. The van der Waals surface area contributed by atoms with Crippen molar-refractivity contribution >= 4 is 29.2 Å². The molecule has 0 aliphatic carbocycles. The summed E-state index contributed by atoms with van der Waals surface area (Å²) in [4.78, 5) is 38.9. The molecule has 3 unspecified atom stereocenters. The summed E-state index contributed by atoms with van der Waals surface area (Å²) >= 11 is 1.42. The van der Waals surface area contributed by atoms with Crippen molar-refractivity contribution in [1.29, 1.82) is 0 Å². The number of aliphatic hydroxyl groups is 2. The molecule has 1 aromatic carbocycles. The summed E-state index contributed by atoms with van der Waals surface area (Å²) < 4.78 is 1.82. The lowest BCUT2D eigenvalue weighted by atomic mass is 9.76. The molecule has 2 rings (SSSR count). The van der Waals surface area contributed by atoms with Gasteiger partial charge in [0.1, 0.15) is 6.29 Å². The van der Waals surface area contributed by atoms with Crippen LogP contribution in [0.25, 0.3) is 0 Å². The second-order valence-electron chi connectivity index (χ2n) is 10.4. The van der Waals surface area contributed by atoms with Crippen LogP contribution in [0.1, 0.15) is 73.8 Å². The number of nitrogens with one attached hydrogen (secondary N) is 2. The van der Waals surface area contributed by atoms with Gasteiger partial charge < -0.3 is 20.7 Å². The number of ketones is 2. The van der Waals surface area contributed by atoms with Gasteiger partial charge in [-0.2, -0.15) is 4.57 Å². The van der Waals surface area contributed by atoms with Crippen LogP contribution in [0, 0.1) is 11.3 Å². The molecule has 0 bridgehead atoms. The molecule has 0 aliphatic rings. The minimum atomic E-state index is -1.14. The Hall–Kier alpha value is -2.34. The van der Waals surface area contributed by atoms with Gasteiger partial charge in [-0.1, -0.05) is 55.0 Å². The van der Waals surface area contributed by atoms with Crippen LogP contribution in [-0.2, 0) is 9.59 Å². The van der Waals surface area contributed by atoms with E-state index >= 15 is 0 Å². The Bertz CT molecular complexity index is 1010. The molecule has 1 aromatic heterocycles. The molecular weight excluding hydrogens is 504 g/mol. The third-order valence-electron chi connectivity index (χ3n) is 6.89. The fourth-order valence-corrected chi connectivity index (χ4v) is 5.50. The zero-order valence-corrected chi connectivity index (χ0v) is 23.5. The van der Waals surface area contributed by atoms with Crippen molar-refractivity contribution < 1.29 is 29.2 Å². The number of hydrazine groups is 1. The van der Waals surface area contributed by atoms with Crippen LogP contribution in [-0.4, -0.2) is 60.4 Å². The Morgan fingerprint density at radius 1 is 1.16 bits per heavy atom. The van der Waals surface area contributed by atoms with Crippen molar-refractivity contribution in [2.45, 2.75) is 64.5 Å². The molecule has 0 saturated carbocycles. The predicted molar refractivity (Wildman–Crippen MR) is 148 cm³/mol. The molecular formula is C28H43N4O5S+. The molecule has 210 valence electrons. The van der Waals surface area contributed by atoms with Gasteiger partial charge in [0.25, 0.3) is 0 Å². The number of thiazole rings is 1. The lowest BCUT2D eigenvalue weighted by Gasteiger charge is -2.29. The van der Waals surface area contributed by atoms with Gasteiger partial charge in [0.15, 0.2) is 12.0 Å². The Balaban J connectivity index is 2.35. The van der Waals surface area contributed by atoms with Crippen molar-refractivity contribution in [3.8, 4) is 0 Å². The highest BCUT2D eigenvalue weighted by Crippen LogP contribution is 2.34. The standard InChI is InChI=1S/C28H43N4O5S/c1-20(17-33)15-22(18-34)27-32(13-14-38-27)26(25(37)21-9-5-4-6-10-21)28(2,3)24(36)16-30-31-23(19-35)11-7-8-12-29/h4-6,9-10,13-14,19-20,22-23,26,30-31,33-34H,7-8,11-12,15-18,29H2,1-3H3/q+1/t20?,22?,23-,26?/m1/s1. The molecule has 4 atom stereocenters. The number of unbranched alkanes of at least 4 members (excludes halogenated alkanes) is 1. The smallest absolute Gasteiger partial charge is 0.243 e. The van der Waals surface area contributed by atoms with E-state index in [9.17, 15) is 24.6 Å². The number of rotatable bonds is 19. The molecule has 0 amide bonds. The van der Waals surface area contributed by atoms with Crippen molar-refractivity contribution in [3.05, 3.63) is 52.5 Å². The number of hydrogen-bond acceptors (Lipinski definition) is 9. The Morgan fingerprint density at radius 3 is 2.47 bits per heavy atom. The number of Topliss-reactive ketones (excluding diaryl/α,β-unsaturated/α-hetero) is 2. The van der Waals surface area contributed by atoms with E-state index in [1.54, 1.807) is 44.3 Å². The number of nitrogens with two attached hydrogens (primary N) is 1. The summed E-state index contributed by atoms with van der Waals surface area (Å²) in [6.45, 7) is 5.72. The zero-order valence-electron chi connectivity index (χ0n) is 22.6. The molecule has 0 fully saturated rings. The molecule has 9 nitrogen and oxygen atoms in total. The monoisotopic (exact) mass is 547 g/mol. The van der Waals surface area contributed by atoms with Gasteiger partial charge in [0.05, 0.1) is 35.9 Å². The number of aliphatic hydroxyl groups excluding tert-OH is 2. The van der Waals surface area contributed by atoms with Crippen molar-refractivity contribution in [2.24, 2.45) is 17.1 Å². The normalized spacial score (nSPS) is 15.0. The summed E-state index contributed by atoms with van der Waals surface area (Å²) in [7, 11) is 0. The second-order valence-corrected chi connectivity index (χ2v) is 11.3. The molecule has 2 aromatic rings. The van der Waals surface area contributed by atoms with Crippen LogP contribution in [0.5, 0.6) is 0 Å². The topological polar surface area (TPSA) is 146 Å². The van der Waals surface area contributed by atoms with Crippen molar-refractivity contribution in [1.82, 2.24) is 10.9 Å². The minimum Gasteiger partial charge on any atom is -0.396 e. The molecule has 0 radical (unpaired) electrons. The van der Waals surface area contributed by atoms with E-state index in [-0.39, 0.29) is 43.2 Å².